The van der Waals surface area contributed by atoms with Gasteiger partial charge in [0.1, 0.15) is 24.1 Å². The summed E-state index contributed by atoms with van der Waals surface area (Å²) >= 11 is 0. The zero-order valence-corrected chi connectivity index (χ0v) is 19.6. The maximum atomic E-state index is 13.0. The summed E-state index contributed by atoms with van der Waals surface area (Å²) in [6.45, 7) is 8.22. The number of hydrogen-bond donors (Lipinski definition) is 1. The van der Waals surface area contributed by atoms with Gasteiger partial charge in [-0.05, 0) is 63.1 Å². The van der Waals surface area contributed by atoms with Crippen molar-refractivity contribution in [2.24, 2.45) is 0 Å². The van der Waals surface area contributed by atoms with E-state index in [4.69, 9.17) is 9.47 Å². The zero-order valence-electron chi connectivity index (χ0n) is 18.8. The summed E-state index contributed by atoms with van der Waals surface area (Å²) in [6.07, 6.45) is 1.42. The Morgan fingerprint density at radius 3 is 2.26 bits per heavy atom. The Labute approximate surface area is 185 Å². The van der Waals surface area contributed by atoms with Crippen LogP contribution in [0.15, 0.2) is 48.5 Å². The first kappa shape index (κ1) is 24.5. The number of nitrogens with one attached hydrogen (secondary N) is 1. The van der Waals surface area contributed by atoms with Gasteiger partial charge in [-0.2, -0.15) is 0 Å². The lowest BCUT2D eigenvalue weighted by molar-refractivity contribution is -0.123. The van der Waals surface area contributed by atoms with Crippen molar-refractivity contribution in [1.82, 2.24) is 5.32 Å². The van der Waals surface area contributed by atoms with Gasteiger partial charge in [-0.1, -0.05) is 25.1 Å². The standard InChI is InChI=1S/C23H32N2O5S/c1-6-21(23(26)24-18(4)16-30-22-11-9-8-10-17(22)3)25(31(5,27)28)19-12-14-20(15-13-19)29-7-2/h8-15,18,21H,6-7,16H2,1-5H3,(H,24,26)/t18-,21+/m1/s1. The van der Waals surface area contributed by atoms with Crippen LogP contribution in [0.2, 0.25) is 0 Å². The van der Waals surface area contributed by atoms with Crippen molar-refractivity contribution in [2.75, 3.05) is 23.8 Å². The van der Waals surface area contributed by atoms with Crippen LogP contribution in [0.4, 0.5) is 5.69 Å². The molecule has 0 heterocycles. The first-order chi connectivity index (χ1) is 14.7. The molecule has 0 fully saturated rings. The molecular weight excluding hydrogens is 416 g/mol. The maximum absolute atomic E-state index is 13.0. The average molecular weight is 449 g/mol. The average Bonchev–Trinajstić information content (AvgIpc) is 2.71. The number of carbonyl (C=O) groups is 1. The number of nitrogens with zero attached hydrogens (tertiary/aromatic N) is 1. The van der Waals surface area contributed by atoms with Crippen LogP contribution < -0.4 is 19.1 Å². The zero-order chi connectivity index (χ0) is 23.0. The lowest BCUT2D eigenvalue weighted by Crippen LogP contribution is -2.52. The first-order valence-corrected chi connectivity index (χ1v) is 12.2. The molecule has 0 radical (unpaired) electrons. The predicted octanol–water partition coefficient (Wildman–Crippen LogP) is 3.52. The molecule has 7 nitrogen and oxygen atoms in total. The maximum Gasteiger partial charge on any atom is 0.244 e. The highest BCUT2D eigenvalue weighted by Crippen LogP contribution is 2.25. The molecule has 2 rings (SSSR count). The van der Waals surface area contributed by atoms with Crippen LogP contribution in [-0.4, -0.2) is 45.9 Å². The van der Waals surface area contributed by atoms with Crippen LogP contribution in [0.5, 0.6) is 11.5 Å². The number of para-hydroxylation sites is 1. The summed E-state index contributed by atoms with van der Waals surface area (Å²) in [7, 11) is -3.70. The number of rotatable bonds is 11. The molecule has 0 aliphatic heterocycles. The van der Waals surface area contributed by atoms with E-state index in [0.29, 0.717) is 24.5 Å². The third kappa shape index (κ3) is 6.89. The number of sulfonamides is 1. The van der Waals surface area contributed by atoms with Gasteiger partial charge in [0, 0.05) is 0 Å². The van der Waals surface area contributed by atoms with Crippen LogP contribution in [0.1, 0.15) is 32.8 Å². The van der Waals surface area contributed by atoms with Gasteiger partial charge in [0.05, 0.1) is 24.6 Å². The minimum absolute atomic E-state index is 0.273. The molecule has 31 heavy (non-hydrogen) atoms. The third-order valence-corrected chi connectivity index (χ3v) is 5.88. The third-order valence-electron chi connectivity index (χ3n) is 4.70. The second-order valence-electron chi connectivity index (χ2n) is 7.40. The molecule has 0 aliphatic rings. The van der Waals surface area contributed by atoms with Gasteiger partial charge in [0.2, 0.25) is 15.9 Å². The van der Waals surface area contributed by atoms with Crippen LogP contribution in [0.25, 0.3) is 0 Å². The van der Waals surface area contributed by atoms with Crippen molar-refractivity contribution in [3.8, 4) is 11.5 Å². The summed E-state index contributed by atoms with van der Waals surface area (Å²) in [5.41, 5.74) is 1.42. The van der Waals surface area contributed by atoms with E-state index in [9.17, 15) is 13.2 Å². The monoisotopic (exact) mass is 448 g/mol. The number of anilines is 1. The molecule has 0 bridgehead atoms. The molecule has 2 aromatic carbocycles. The SMILES string of the molecule is CCOc1ccc(N([C@@H](CC)C(=O)N[C@H](C)COc2ccccc2C)S(C)(=O)=O)cc1. The minimum Gasteiger partial charge on any atom is -0.494 e. The van der Waals surface area contributed by atoms with Crippen molar-refractivity contribution in [3.05, 3.63) is 54.1 Å². The fourth-order valence-electron chi connectivity index (χ4n) is 3.23. The van der Waals surface area contributed by atoms with Crippen molar-refractivity contribution < 1.29 is 22.7 Å². The molecule has 1 amide bonds. The summed E-state index contributed by atoms with van der Waals surface area (Å²) < 4.78 is 37.5. The fraction of sp³-hybridized carbons (Fsp3) is 0.435. The highest BCUT2D eigenvalue weighted by atomic mass is 32.2. The van der Waals surface area contributed by atoms with Crippen LogP contribution >= 0.6 is 0 Å². The molecule has 0 aromatic heterocycles. The van der Waals surface area contributed by atoms with Crippen LogP contribution in [0, 0.1) is 6.92 Å². The van der Waals surface area contributed by atoms with Gasteiger partial charge in [-0.15, -0.1) is 0 Å². The number of carbonyl (C=O) groups excluding carboxylic acids is 1. The van der Waals surface area contributed by atoms with Crippen LogP contribution in [-0.2, 0) is 14.8 Å². The molecule has 8 heteroatoms. The van der Waals surface area contributed by atoms with E-state index >= 15 is 0 Å². The number of ether oxygens (including phenoxy) is 2. The Kier molecular flexibility index (Phi) is 8.74. The predicted molar refractivity (Wildman–Crippen MR) is 123 cm³/mol. The van der Waals surface area contributed by atoms with E-state index in [0.717, 1.165) is 21.9 Å². The van der Waals surface area contributed by atoms with E-state index < -0.39 is 16.1 Å². The smallest absolute Gasteiger partial charge is 0.244 e. The summed E-state index contributed by atoms with van der Waals surface area (Å²) in [5.74, 6) is 1.02. The minimum atomic E-state index is -3.70. The first-order valence-electron chi connectivity index (χ1n) is 10.4. The second-order valence-corrected chi connectivity index (χ2v) is 9.26. The Bertz CT molecular complexity index is 960. The van der Waals surface area contributed by atoms with Crippen molar-refractivity contribution in [3.63, 3.8) is 0 Å². The van der Waals surface area contributed by atoms with E-state index in [1.54, 1.807) is 31.2 Å². The molecule has 2 aromatic rings. The topological polar surface area (TPSA) is 84.9 Å². The lowest BCUT2D eigenvalue weighted by Gasteiger charge is -2.31. The molecule has 0 saturated carbocycles. The van der Waals surface area contributed by atoms with Crippen molar-refractivity contribution >= 4 is 21.6 Å². The summed E-state index contributed by atoms with van der Waals surface area (Å²) in [4.78, 5) is 13.0. The van der Waals surface area contributed by atoms with Gasteiger partial charge >= 0.3 is 0 Å². The molecule has 1 N–H and O–H groups in total. The number of amides is 1. The normalized spacial score (nSPS) is 13.2. The Hall–Kier alpha value is -2.74. The van der Waals surface area contributed by atoms with E-state index in [1.807, 2.05) is 45.0 Å². The Morgan fingerprint density at radius 2 is 1.71 bits per heavy atom. The van der Waals surface area contributed by atoms with Crippen molar-refractivity contribution in [2.45, 2.75) is 46.2 Å². The van der Waals surface area contributed by atoms with Gasteiger partial charge < -0.3 is 14.8 Å². The molecule has 0 spiro atoms. The molecule has 0 saturated heterocycles. The number of benzene rings is 2. The van der Waals surface area contributed by atoms with Gasteiger partial charge in [0.15, 0.2) is 0 Å². The number of aryl methyl sites for hydroxylation is 1. The largest absolute Gasteiger partial charge is 0.494 e. The summed E-state index contributed by atoms with van der Waals surface area (Å²) in [6, 6.07) is 13.1. The van der Waals surface area contributed by atoms with Gasteiger partial charge in [-0.3, -0.25) is 9.10 Å². The molecule has 0 aliphatic carbocycles. The Balaban J connectivity index is 2.13. The van der Waals surface area contributed by atoms with Gasteiger partial charge in [0.25, 0.3) is 0 Å². The summed E-state index contributed by atoms with van der Waals surface area (Å²) in [5, 5.41) is 2.88. The molecule has 2 atom stereocenters. The molecule has 0 unspecified atom stereocenters. The van der Waals surface area contributed by atoms with Gasteiger partial charge in [-0.25, -0.2) is 8.42 Å². The highest BCUT2D eigenvalue weighted by molar-refractivity contribution is 7.92. The van der Waals surface area contributed by atoms with Crippen LogP contribution in [0.3, 0.4) is 0 Å². The van der Waals surface area contributed by atoms with E-state index in [1.165, 1.54) is 0 Å². The fourth-order valence-corrected chi connectivity index (χ4v) is 4.44. The highest BCUT2D eigenvalue weighted by Gasteiger charge is 2.32. The van der Waals surface area contributed by atoms with Crippen molar-refractivity contribution in [1.29, 1.82) is 0 Å². The number of hydrogen-bond acceptors (Lipinski definition) is 5. The van der Waals surface area contributed by atoms with E-state index in [-0.39, 0.29) is 18.6 Å². The molecular formula is C23H32N2O5S. The quantitative estimate of drug-likeness (QED) is 0.569. The van der Waals surface area contributed by atoms with E-state index in [2.05, 4.69) is 5.32 Å². The lowest BCUT2D eigenvalue weighted by atomic mass is 10.1. The Morgan fingerprint density at radius 1 is 1.06 bits per heavy atom. The second kappa shape index (κ2) is 11.0. The molecule has 170 valence electrons.